The van der Waals surface area contributed by atoms with Crippen molar-refractivity contribution < 1.29 is 4.52 Å². The summed E-state index contributed by atoms with van der Waals surface area (Å²) in [7, 11) is 0. The van der Waals surface area contributed by atoms with Gasteiger partial charge in [0.1, 0.15) is 0 Å². The number of thioether (sulfide) groups is 1. The van der Waals surface area contributed by atoms with Crippen molar-refractivity contribution in [3.05, 3.63) is 11.7 Å². The van der Waals surface area contributed by atoms with Gasteiger partial charge < -0.3 is 10.3 Å². The van der Waals surface area contributed by atoms with Crippen LogP contribution in [0.3, 0.4) is 0 Å². The highest BCUT2D eigenvalue weighted by molar-refractivity contribution is 7.98. The van der Waals surface area contributed by atoms with Gasteiger partial charge in [-0.3, -0.25) is 0 Å². The second kappa shape index (κ2) is 5.87. The molecule has 0 bridgehead atoms. The van der Waals surface area contributed by atoms with Gasteiger partial charge in [-0.2, -0.15) is 16.7 Å². The van der Waals surface area contributed by atoms with E-state index in [1.807, 2.05) is 11.8 Å². The highest BCUT2D eigenvalue weighted by atomic mass is 32.2. The summed E-state index contributed by atoms with van der Waals surface area (Å²) < 4.78 is 5.32. The summed E-state index contributed by atoms with van der Waals surface area (Å²) in [5, 5.41) is 4.03. The van der Waals surface area contributed by atoms with Gasteiger partial charge >= 0.3 is 0 Å². The van der Waals surface area contributed by atoms with E-state index in [-0.39, 0.29) is 0 Å². The molecule has 0 amide bonds. The van der Waals surface area contributed by atoms with Gasteiger partial charge in [0.05, 0.1) is 5.75 Å². The Labute approximate surface area is 107 Å². The standard InChI is InChI=1S/C12H21N3OS/c1-8(2)6-17-7-11-14-12(16-15-11)9-3-4-10(13)5-9/h8-10H,3-7,13H2,1-2H3. The van der Waals surface area contributed by atoms with Crippen molar-refractivity contribution >= 4 is 11.8 Å². The van der Waals surface area contributed by atoms with Gasteiger partial charge in [0.2, 0.25) is 5.89 Å². The Morgan fingerprint density at radius 3 is 2.94 bits per heavy atom. The zero-order valence-corrected chi connectivity index (χ0v) is 11.4. The summed E-state index contributed by atoms with van der Waals surface area (Å²) in [6.07, 6.45) is 3.15. The fourth-order valence-electron chi connectivity index (χ4n) is 2.12. The zero-order chi connectivity index (χ0) is 12.3. The second-order valence-electron chi connectivity index (χ2n) is 5.23. The van der Waals surface area contributed by atoms with Crippen LogP contribution in [0.5, 0.6) is 0 Å². The Hall–Kier alpha value is -0.550. The molecule has 1 aliphatic carbocycles. The van der Waals surface area contributed by atoms with Crippen molar-refractivity contribution in [2.24, 2.45) is 11.7 Å². The first-order chi connectivity index (χ1) is 8.15. The normalized spacial score (nSPS) is 24.7. The molecule has 0 spiro atoms. The molecule has 0 aliphatic heterocycles. The minimum atomic E-state index is 0.311. The molecule has 1 aromatic heterocycles. The van der Waals surface area contributed by atoms with Crippen LogP contribution >= 0.6 is 11.8 Å². The van der Waals surface area contributed by atoms with Gasteiger partial charge in [-0.25, -0.2) is 0 Å². The Morgan fingerprint density at radius 2 is 2.29 bits per heavy atom. The van der Waals surface area contributed by atoms with Crippen LogP contribution in [-0.4, -0.2) is 21.9 Å². The summed E-state index contributed by atoms with van der Waals surface area (Å²) in [4.78, 5) is 4.47. The number of hydrogen-bond acceptors (Lipinski definition) is 5. The van der Waals surface area contributed by atoms with Crippen LogP contribution in [0, 0.1) is 5.92 Å². The van der Waals surface area contributed by atoms with Crippen LogP contribution in [0.1, 0.15) is 50.7 Å². The van der Waals surface area contributed by atoms with E-state index < -0.39 is 0 Å². The molecule has 1 saturated carbocycles. The molecule has 2 N–H and O–H groups in total. The van der Waals surface area contributed by atoms with Crippen LogP contribution in [0.15, 0.2) is 4.52 Å². The van der Waals surface area contributed by atoms with Crippen LogP contribution in [-0.2, 0) is 5.75 Å². The van der Waals surface area contributed by atoms with Crippen molar-refractivity contribution in [1.82, 2.24) is 10.1 Å². The lowest BCUT2D eigenvalue weighted by Crippen LogP contribution is -2.14. The molecule has 2 atom stereocenters. The van der Waals surface area contributed by atoms with E-state index in [9.17, 15) is 0 Å². The van der Waals surface area contributed by atoms with Gasteiger partial charge in [-0.15, -0.1) is 0 Å². The molecule has 2 unspecified atom stereocenters. The maximum atomic E-state index is 5.89. The molecule has 0 radical (unpaired) electrons. The smallest absolute Gasteiger partial charge is 0.229 e. The molecular formula is C12H21N3OS. The monoisotopic (exact) mass is 255 g/mol. The fraction of sp³-hybridized carbons (Fsp3) is 0.833. The lowest BCUT2D eigenvalue weighted by molar-refractivity contribution is 0.350. The molecule has 1 aliphatic rings. The van der Waals surface area contributed by atoms with E-state index in [2.05, 4.69) is 24.0 Å². The largest absolute Gasteiger partial charge is 0.339 e. The first-order valence-electron chi connectivity index (χ1n) is 6.31. The van der Waals surface area contributed by atoms with Crippen molar-refractivity contribution in [2.45, 2.75) is 50.8 Å². The summed E-state index contributed by atoms with van der Waals surface area (Å²) in [6.45, 7) is 4.43. The third kappa shape index (κ3) is 3.71. The first kappa shape index (κ1) is 12.9. The Balaban J connectivity index is 1.83. The van der Waals surface area contributed by atoms with Crippen molar-refractivity contribution in [3.8, 4) is 0 Å². The molecule has 1 fully saturated rings. The average molecular weight is 255 g/mol. The van der Waals surface area contributed by atoms with Crippen LogP contribution < -0.4 is 5.73 Å². The topological polar surface area (TPSA) is 64.9 Å². The molecule has 2 rings (SSSR count). The van der Waals surface area contributed by atoms with E-state index >= 15 is 0 Å². The molecular weight excluding hydrogens is 234 g/mol. The fourth-order valence-corrected chi connectivity index (χ4v) is 3.01. The van der Waals surface area contributed by atoms with E-state index in [4.69, 9.17) is 10.3 Å². The molecule has 1 heterocycles. The van der Waals surface area contributed by atoms with Crippen LogP contribution in [0.2, 0.25) is 0 Å². The maximum absolute atomic E-state index is 5.89. The second-order valence-corrected chi connectivity index (χ2v) is 6.26. The highest BCUT2D eigenvalue weighted by Gasteiger charge is 2.27. The predicted molar refractivity (Wildman–Crippen MR) is 69.9 cm³/mol. The summed E-state index contributed by atoms with van der Waals surface area (Å²) in [6, 6.07) is 0.311. The molecule has 96 valence electrons. The summed E-state index contributed by atoms with van der Waals surface area (Å²) in [5.74, 6) is 4.70. The lowest BCUT2D eigenvalue weighted by Gasteiger charge is -2.02. The maximum Gasteiger partial charge on any atom is 0.229 e. The summed E-state index contributed by atoms with van der Waals surface area (Å²) >= 11 is 1.86. The van der Waals surface area contributed by atoms with Gasteiger partial charge in [-0.1, -0.05) is 19.0 Å². The Bertz CT molecular complexity index is 353. The van der Waals surface area contributed by atoms with Crippen molar-refractivity contribution in [3.63, 3.8) is 0 Å². The number of nitrogens with zero attached hydrogens (tertiary/aromatic N) is 2. The Kier molecular flexibility index (Phi) is 4.45. The van der Waals surface area contributed by atoms with E-state index in [1.165, 1.54) is 0 Å². The lowest BCUT2D eigenvalue weighted by atomic mass is 10.1. The number of rotatable bonds is 5. The quantitative estimate of drug-likeness (QED) is 0.876. The molecule has 0 aromatic carbocycles. The minimum absolute atomic E-state index is 0.311. The van der Waals surface area contributed by atoms with Gasteiger partial charge in [0, 0.05) is 12.0 Å². The van der Waals surface area contributed by atoms with Crippen molar-refractivity contribution in [1.29, 1.82) is 0 Å². The van der Waals surface area contributed by atoms with E-state index in [1.54, 1.807) is 0 Å². The van der Waals surface area contributed by atoms with Gasteiger partial charge in [0.25, 0.3) is 0 Å². The van der Waals surface area contributed by atoms with Gasteiger partial charge in [-0.05, 0) is 30.9 Å². The highest BCUT2D eigenvalue weighted by Crippen LogP contribution is 2.32. The van der Waals surface area contributed by atoms with Crippen LogP contribution in [0.4, 0.5) is 0 Å². The molecule has 0 saturated heterocycles. The number of nitrogens with two attached hydrogens (primary N) is 1. The third-order valence-electron chi connectivity index (χ3n) is 2.99. The Morgan fingerprint density at radius 1 is 1.47 bits per heavy atom. The molecule has 4 nitrogen and oxygen atoms in total. The molecule has 17 heavy (non-hydrogen) atoms. The number of hydrogen-bond donors (Lipinski definition) is 1. The van der Waals surface area contributed by atoms with E-state index in [0.717, 1.165) is 42.5 Å². The van der Waals surface area contributed by atoms with Crippen LogP contribution in [0.25, 0.3) is 0 Å². The third-order valence-corrected chi connectivity index (χ3v) is 4.35. The SMILES string of the molecule is CC(C)CSCc1noc(C2CCC(N)C2)n1. The zero-order valence-electron chi connectivity index (χ0n) is 10.6. The minimum Gasteiger partial charge on any atom is -0.339 e. The molecule has 5 heteroatoms. The summed E-state index contributed by atoms with van der Waals surface area (Å²) in [5.41, 5.74) is 5.89. The molecule has 1 aromatic rings. The number of aromatic nitrogens is 2. The van der Waals surface area contributed by atoms with E-state index in [0.29, 0.717) is 17.9 Å². The first-order valence-corrected chi connectivity index (χ1v) is 7.46. The average Bonchev–Trinajstić information content (AvgIpc) is 2.86. The van der Waals surface area contributed by atoms with Crippen molar-refractivity contribution in [2.75, 3.05) is 5.75 Å². The van der Waals surface area contributed by atoms with Gasteiger partial charge in [0.15, 0.2) is 5.82 Å². The predicted octanol–water partition coefficient (Wildman–Crippen LogP) is 2.55.